The Morgan fingerprint density at radius 2 is 1.78 bits per heavy atom. The van der Waals surface area contributed by atoms with Gasteiger partial charge in [0.1, 0.15) is 5.82 Å². The number of benzene rings is 3. The van der Waals surface area contributed by atoms with E-state index < -0.39 is 0 Å². The van der Waals surface area contributed by atoms with Gasteiger partial charge in [-0.3, -0.25) is 0 Å². The van der Waals surface area contributed by atoms with Crippen molar-refractivity contribution in [3.63, 3.8) is 0 Å². The van der Waals surface area contributed by atoms with Gasteiger partial charge in [-0.2, -0.15) is 9.97 Å². The Hall–Kier alpha value is -3.64. The standard InChI is InChI=1S/C26H26N6/c1-2-7-18(8-3-1)13-15-32-16-14-22-23-24(31-30-22)28-26(29-25(23)32)27-17-20-11-6-10-19-9-4-5-12-21(19)20/h1-12,22,30H,13-17H2,(H2,27,28,29,31). The van der Waals surface area contributed by atoms with Crippen molar-refractivity contribution in [3.05, 3.63) is 89.5 Å². The van der Waals surface area contributed by atoms with Crippen LogP contribution in [0.15, 0.2) is 72.8 Å². The molecule has 1 unspecified atom stereocenters. The molecule has 0 spiro atoms. The summed E-state index contributed by atoms with van der Waals surface area (Å²) < 4.78 is 0. The van der Waals surface area contributed by atoms with E-state index in [1.54, 1.807) is 0 Å². The highest BCUT2D eigenvalue weighted by Gasteiger charge is 2.34. The van der Waals surface area contributed by atoms with Crippen molar-refractivity contribution in [1.82, 2.24) is 15.4 Å². The van der Waals surface area contributed by atoms with Crippen molar-refractivity contribution in [1.29, 1.82) is 0 Å². The lowest BCUT2D eigenvalue weighted by Gasteiger charge is -2.32. The van der Waals surface area contributed by atoms with E-state index in [1.807, 2.05) is 0 Å². The number of anilines is 3. The van der Waals surface area contributed by atoms with Crippen molar-refractivity contribution in [2.75, 3.05) is 28.7 Å². The predicted molar refractivity (Wildman–Crippen MR) is 130 cm³/mol. The number of aromatic nitrogens is 2. The first-order chi connectivity index (χ1) is 15.8. The maximum atomic E-state index is 4.98. The molecule has 0 bridgehead atoms. The summed E-state index contributed by atoms with van der Waals surface area (Å²) in [5.41, 5.74) is 10.4. The van der Waals surface area contributed by atoms with Gasteiger partial charge in [0.25, 0.3) is 0 Å². The summed E-state index contributed by atoms with van der Waals surface area (Å²) in [5.74, 6) is 2.60. The number of nitrogens with zero attached hydrogens (tertiary/aromatic N) is 3. The molecule has 0 saturated carbocycles. The van der Waals surface area contributed by atoms with Crippen LogP contribution in [0.2, 0.25) is 0 Å². The topological polar surface area (TPSA) is 65.1 Å². The molecule has 3 aromatic carbocycles. The SMILES string of the molecule is c1ccc(CCN2CCC3NNc4nc(NCc5cccc6ccccc56)nc2c43)cc1. The molecule has 0 fully saturated rings. The molecule has 4 aromatic rings. The molecule has 2 aliphatic heterocycles. The minimum absolute atomic E-state index is 0.278. The van der Waals surface area contributed by atoms with Crippen LogP contribution in [0.25, 0.3) is 10.8 Å². The van der Waals surface area contributed by atoms with E-state index in [0.717, 1.165) is 37.6 Å². The third kappa shape index (κ3) is 3.52. The van der Waals surface area contributed by atoms with E-state index in [2.05, 4.69) is 93.9 Å². The van der Waals surface area contributed by atoms with Gasteiger partial charge < -0.3 is 15.6 Å². The summed E-state index contributed by atoms with van der Waals surface area (Å²) in [7, 11) is 0. The zero-order chi connectivity index (χ0) is 21.3. The van der Waals surface area contributed by atoms with Gasteiger partial charge in [0.05, 0.1) is 11.6 Å². The third-order valence-electron chi connectivity index (χ3n) is 6.46. The lowest BCUT2D eigenvalue weighted by atomic mass is 10.0. The maximum absolute atomic E-state index is 4.98. The largest absolute Gasteiger partial charge is 0.356 e. The van der Waals surface area contributed by atoms with Crippen LogP contribution in [0.1, 0.15) is 29.2 Å². The molecular formula is C26H26N6. The molecule has 3 heterocycles. The minimum atomic E-state index is 0.278. The smallest absolute Gasteiger partial charge is 0.226 e. The zero-order valence-corrected chi connectivity index (χ0v) is 17.9. The Labute approximate surface area is 187 Å². The van der Waals surface area contributed by atoms with Crippen LogP contribution >= 0.6 is 0 Å². The Bertz CT molecular complexity index is 1250. The van der Waals surface area contributed by atoms with Gasteiger partial charge in [-0.05, 0) is 34.7 Å². The Morgan fingerprint density at radius 1 is 0.938 bits per heavy atom. The van der Waals surface area contributed by atoms with Crippen LogP contribution in [0.3, 0.4) is 0 Å². The second-order valence-corrected chi connectivity index (χ2v) is 8.46. The molecule has 0 aliphatic carbocycles. The van der Waals surface area contributed by atoms with E-state index in [9.17, 15) is 0 Å². The quantitative estimate of drug-likeness (QED) is 0.420. The molecule has 32 heavy (non-hydrogen) atoms. The van der Waals surface area contributed by atoms with Gasteiger partial charge in [-0.15, -0.1) is 0 Å². The third-order valence-corrected chi connectivity index (χ3v) is 6.46. The van der Waals surface area contributed by atoms with Crippen molar-refractivity contribution in [3.8, 4) is 0 Å². The Kier molecular flexibility index (Phi) is 4.85. The Balaban J connectivity index is 1.26. The van der Waals surface area contributed by atoms with E-state index in [-0.39, 0.29) is 6.04 Å². The number of rotatable bonds is 6. The van der Waals surface area contributed by atoms with Gasteiger partial charge in [0.15, 0.2) is 5.82 Å². The molecular weight excluding hydrogens is 396 g/mol. The van der Waals surface area contributed by atoms with Crippen LogP contribution in [0.4, 0.5) is 17.6 Å². The van der Waals surface area contributed by atoms with Crippen LogP contribution in [-0.4, -0.2) is 23.1 Å². The highest BCUT2D eigenvalue weighted by atomic mass is 15.4. The molecule has 6 heteroatoms. The summed E-state index contributed by atoms with van der Waals surface area (Å²) in [6, 6.07) is 25.8. The van der Waals surface area contributed by atoms with Gasteiger partial charge >= 0.3 is 0 Å². The lowest BCUT2D eigenvalue weighted by Crippen LogP contribution is -2.35. The molecule has 6 nitrogen and oxygen atoms in total. The van der Waals surface area contributed by atoms with Crippen molar-refractivity contribution >= 4 is 28.4 Å². The first-order valence-electron chi connectivity index (χ1n) is 11.3. The monoisotopic (exact) mass is 422 g/mol. The molecule has 0 radical (unpaired) electrons. The van der Waals surface area contributed by atoms with Crippen LogP contribution < -0.4 is 21.1 Å². The number of nitrogens with one attached hydrogen (secondary N) is 3. The van der Waals surface area contributed by atoms with E-state index >= 15 is 0 Å². The summed E-state index contributed by atoms with van der Waals surface area (Å²) in [5, 5.41) is 5.98. The van der Waals surface area contributed by atoms with Crippen molar-refractivity contribution in [2.24, 2.45) is 0 Å². The first-order valence-corrected chi connectivity index (χ1v) is 11.3. The van der Waals surface area contributed by atoms with Gasteiger partial charge in [-0.1, -0.05) is 72.8 Å². The molecule has 0 amide bonds. The summed E-state index contributed by atoms with van der Waals surface area (Å²) in [4.78, 5) is 12.2. The van der Waals surface area contributed by atoms with Gasteiger partial charge in [0, 0.05) is 19.6 Å². The molecule has 0 saturated heterocycles. The molecule has 1 atom stereocenters. The fourth-order valence-electron chi connectivity index (χ4n) is 4.78. The second kappa shape index (κ2) is 8.13. The van der Waals surface area contributed by atoms with Crippen molar-refractivity contribution < 1.29 is 0 Å². The first kappa shape index (κ1) is 19.1. The van der Waals surface area contributed by atoms with Crippen LogP contribution in [0.5, 0.6) is 0 Å². The van der Waals surface area contributed by atoms with E-state index in [4.69, 9.17) is 9.97 Å². The molecule has 2 aliphatic rings. The van der Waals surface area contributed by atoms with Crippen molar-refractivity contribution in [2.45, 2.75) is 25.4 Å². The van der Waals surface area contributed by atoms with Crippen LogP contribution in [0, 0.1) is 0 Å². The summed E-state index contributed by atoms with van der Waals surface area (Å²) >= 11 is 0. The average molecular weight is 423 g/mol. The normalized spacial score (nSPS) is 16.6. The minimum Gasteiger partial charge on any atom is -0.356 e. The number of hydrazine groups is 1. The molecule has 160 valence electrons. The number of hydrogen-bond acceptors (Lipinski definition) is 6. The summed E-state index contributed by atoms with van der Waals surface area (Å²) in [6.45, 7) is 2.61. The van der Waals surface area contributed by atoms with Gasteiger partial charge in [0.2, 0.25) is 5.95 Å². The zero-order valence-electron chi connectivity index (χ0n) is 17.9. The highest BCUT2D eigenvalue weighted by molar-refractivity contribution is 5.85. The van der Waals surface area contributed by atoms with Gasteiger partial charge in [-0.25, -0.2) is 5.43 Å². The number of fused-ring (bicyclic) bond motifs is 1. The lowest BCUT2D eigenvalue weighted by molar-refractivity contribution is 0.535. The predicted octanol–water partition coefficient (Wildman–Crippen LogP) is 4.67. The van der Waals surface area contributed by atoms with Crippen LogP contribution in [-0.2, 0) is 13.0 Å². The summed E-state index contributed by atoms with van der Waals surface area (Å²) in [6.07, 6.45) is 2.05. The second-order valence-electron chi connectivity index (χ2n) is 8.46. The maximum Gasteiger partial charge on any atom is 0.226 e. The number of hydrogen-bond donors (Lipinski definition) is 3. The molecule has 6 rings (SSSR count). The fraction of sp³-hybridized carbons (Fsp3) is 0.231. The average Bonchev–Trinajstić information content (AvgIpc) is 3.27. The molecule has 3 N–H and O–H groups in total. The Morgan fingerprint density at radius 3 is 2.72 bits per heavy atom. The van der Waals surface area contributed by atoms with E-state index in [1.165, 1.54) is 27.5 Å². The highest BCUT2D eigenvalue weighted by Crippen LogP contribution is 2.40. The fourth-order valence-corrected chi connectivity index (χ4v) is 4.78. The molecule has 1 aromatic heterocycles. The van der Waals surface area contributed by atoms with E-state index in [0.29, 0.717) is 12.5 Å².